The number of alkyl halides is 1. The van der Waals surface area contributed by atoms with Gasteiger partial charge in [-0.2, -0.15) is 0 Å². The highest BCUT2D eigenvalue weighted by Gasteiger charge is 2.43. The molecular formula is C22H21F2N3O2. The van der Waals surface area contributed by atoms with Gasteiger partial charge in [0.15, 0.2) is 11.6 Å². The first-order valence-corrected chi connectivity index (χ1v) is 9.30. The topological polar surface area (TPSA) is 68.5 Å². The fraction of sp³-hybridized carbons (Fsp3) is 0.273. The smallest absolute Gasteiger partial charge is 0.319 e. The Balaban J connectivity index is 1.95. The van der Waals surface area contributed by atoms with Crippen LogP contribution in [0.2, 0.25) is 0 Å². The standard InChI is InChI=1S/C22H21F2N3O2/c1-13-9-16-14(11-26-13)5-3-8-18(16)27(21(25)28)19-10-22(2,12-23)29-20-15(19)6-4-7-17(20)24/h3-9,11,19H,10,12H2,1-2H3,(H2,25,28). The molecular weight excluding hydrogens is 376 g/mol. The van der Waals surface area contributed by atoms with Crippen LogP contribution in [0.25, 0.3) is 10.8 Å². The second-order valence-corrected chi connectivity index (χ2v) is 7.60. The molecule has 0 aliphatic carbocycles. The summed E-state index contributed by atoms with van der Waals surface area (Å²) in [6.45, 7) is 2.58. The van der Waals surface area contributed by atoms with E-state index >= 15 is 0 Å². The van der Waals surface area contributed by atoms with Crippen LogP contribution in [-0.2, 0) is 0 Å². The molecule has 2 aromatic carbocycles. The second-order valence-electron chi connectivity index (χ2n) is 7.60. The predicted molar refractivity (Wildman–Crippen MR) is 107 cm³/mol. The van der Waals surface area contributed by atoms with E-state index in [-0.39, 0.29) is 12.2 Å². The molecule has 1 aliphatic rings. The summed E-state index contributed by atoms with van der Waals surface area (Å²) in [6.07, 6.45) is 1.85. The number of aryl methyl sites for hydroxylation is 1. The van der Waals surface area contributed by atoms with Gasteiger partial charge in [0.2, 0.25) is 0 Å². The van der Waals surface area contributed by atoms with E-state index in [4.69, 9.17) is 10.5 Å². The number of urea groups is 1. The van der Waals surface area contributed by atoms with E-state index in [0.29, 0.717) is 11.3 Å². The lowest BCUT2D eigenvalue weighted by atomic mass is 9.87. The van der Waals surface area contributed by atoms with Crippen molar-refractivity contribution in [2.45, 2.75) is 31.9 Å². The molecule has 3 aromatic rings. The summed E-state index contributed by atoms with van der Waals surface area (Å²) < 4.78 is 34.0. The van der Waals surface area contributed by atoms with Crippen LogP contribution in [-0.4, -0.2) is 23.3 Å². The monoisotopic (exact) mass is 397 g/mol. The summed E-state index contributed by atoms with van der Waals surface area (Å²) in [6, 6.07) is 10.4. The van der Waals surface area contributed by atoms with Crippen molar-refractivity contribution in [3.63, 3.8) is 0 Å². The number of carbonyl (C=O) groups is 1. The summed E-state index contributed by atoms with van der Waals surface area (Å²) in [5.41, 5.74) is 6.31. The Hall–Kier alpha value is -3.22. The fourth-order valence-corrected chi connectivity index (χ4v) is 3.92. The molecule has 0 fully saturated rings. The number of primary amides is 1. The van der Waals surface area contributed by atoms with Crippen molar-refractivity contribution in [1.29, 1.82) is 0 Å². The van der Waals surface area contributed by atoms with Crippen LogP contribution in [0.3, 0.4) is 0 Å². The Morgan fingerprint density at radius 1 is 1.34 bits per heavy atom. The van der Waals surface area contributed by atoms with Crippen LogP contribution >= 0.6 is 0 Å². The zero-order valence-electron chi connectivity index (χ0n) is 16.2. The van der Waals surface area contributed by atoms with Gasteiger partial charge in [0.05, 0.1) is 11.7 Å². The molecule has 2 unspecified atom stereocenters. The van der Waals surface area contributed by atoms with Crippen molar-refractivity contribution < 1.29 is 18.3 Å². The van der Waals surface area contributed by atoms with Gasteiger partial charge in [0, 0.05) is 34.6 Å². The largest absolute Gasteiger partial charge is 0.481 e. The Labute approximate surface area is 167 Å². The van der Waals surface area contributed by atoms with Crippen molar-refractivity contribution in [3.05, 3.63) is 65.7 Å². The number of anilines is 1. The number of halogens is 2. The molecule has 0 bridgehead atoms. The average molecular weight is 397 g/mol. The first kappa shape index (κ1) is 19.1. The lowest BCUT2D eigenvalue weighted by Gasteiger charge is -2.42. The van der Waals surface area contributed by atoms with Crippen LogP contribution in [0.1, 0.15) is 30.6 Å². The van der Waals surface area contributed by atoms with Crippen LogP contribution in [0.15, 0.2) is 48.7 Å². The minimum absolute atomic E-state index is 0.0479. The molecule has 0 saturated heterocycles. The molecule has 1 aliphatic heterocycles. The molecule has 0 spiro atoms. The molecule has 0 radical (unpaired) electrons. The molecule has 150 valence electrons. The molecule has 29 heavy (non-hydrogen) atoms. The zero-order valence-corrected chi connectivity index (χ0v) is 16.2. The SMILES string of the molecule is Cc1cc2c(N(C(N)=O)C3CC(C)(CF)Oc4c(F)cccc43)cccc2cn1. The molecule has 4 rings (SSSR count). The summed E-state index contributed by atoms with van der Waals surface area (Å²) in [4.78, 5) is 18.3. The second kappa shape index (κ2) is 6.99. The van der Waals surface area contributed by atoms with E-state index in [1.54, 1.807) is 37.4 Å². The Morgan fingerprint density at radius 2 is 2.10 bits per heavy atom. The minimum atomic E-state index is -1.28. The number of pyridine rings is 1. The summed E-state index contributed by atoms with van der Waals surface area (Å²) in [5.74, 6) is -0.650. The van der Waals surface area contributed by atoms with Crippen LogP contribution in [0.5, 0.6) is 5.75 Å². The van der Waals surface area contributed by atoms with E-state index in [0.717, 1.165) is 16.5 Å². The van der Waals surface area contributed by atoms with Gasteiger partial charge >= 0.3 is 6.03 Å². The number of fused-ring (bicyclic) bond motifs is 2. The van der Waals surface area contributed by atoms with Crippen LogP contribution in [0, 0.1) is 12.7 Å². The maximum absolute atomic E-state index is 14.5. The fourth-order valence-electron chi connectivity index (χ4n) is 3.92. The zero-order chi connectivity index (χ0) is 20.8. The molecule has 1 aromatic heterocycles. The number of ether oxygens (including phenoxy) is 1. The van der Waals surface area contributed by atoms with Gasteiger partial charge in [-0.3, -0.25) is 9.88 Å². The van der Waals surface area contributed by atoms with Gasteiger partial charge in [-0.1, -0.05) is 24.3 Å². The van der Waals surface area contributed by atoms with Crippen molar-refractivity contribution in [3.8, 4) is 5.75 Å². The first-order chi connectivity index (χ1) is 13.8. The highest BCUT2D eigenvalue weighted by Crippen LogP contribution is 2.46. The number of hydrogen-bond acceptors (Lipinski definition) is 3. The van der Waals surface area contributed by atoms with Gasteiger partial charge in [-0.25, -0.2) is 13.6 Å². The van der Waals surface area contributed by atoms with Crippen LogP contribution in [0.4, 0.5) is 19.3 Å². The molecule has 2 atom stereocenters. The summed E-state index contributed by atoms with van der Waals surface area (Å²) >= 11 is 0. The van der Waals surface area contributed by atoms with Crippen molar-refractivity contribution in [2.24, 2.45) is 5.73 Å². The third-order valence-corrected chi connectivity index (χ3v) is 5.30. The van der Waals surface area contributed by atoms with Crippen molar-refractivity contribution in [1.82, 2.24) is 4.98 Å². The number of aromatic nitrogens is 1. The molecule has 7 heteroatoms. The van der Waals surface area contributed by atoms with Gasteiger partial charge in [0.25, 0.3) is 0 Å². The van der Waals surface area contributed by atoms with E-state index in [1.165, 1.54) is 11.0 Å². The Kier molecular flexibility index (Phi) is 4.61. The number of nitrogens with zero attached hydrogens (tertiary/aromatic N) is 2. The first-order valence-electron chi connectivity index (χ1n) is 9.30. The minimum Gasteiger partial charge on any atom is -0.481 e. The van der Waals surface area contributed by atoms with E-state index in [2.05, 4.69) is 4.98 Å². The molecule has 2 amide bonds. The van der Waals surface area contributed by atoms with Crippen molar-refractivity contribution >= 4 is 22.5 Å². The molecule has 2 N–H and O–H groups in total. The number of para-hydroxylation sites is 1. The maximum Gasteiger partial charge on any atom is 0.319 e. The number of rotatable bonds is 3. The Morgan fingerprint density at radius 3 is 2.83 bits per heavy atom. The normalized spacial score (nSPS) is 20.8. The number of hydrogen-bond donors (Lipinski definition) is 1. The van der Waals surface area contributed by atoms with Crippen LogP contribution < -0.4 is 15.4 Å². The van der Waals surface area contributed by atoms with Gasteiger partial charge in [-0.05, 0) is 32.0 Å². The highest BCUT2D eigenvalue weighted by molar-refractivity contribution is 6.03. The summed E-state index contributed by atoms with van der Waals surface area (Å²) in [7, 11) is 0. The van der Waals surface area contributed by atoms with Crippen molar-refractivity contribution in [2.75, 3.05) is 11.6 Å². The number of benzene rings is 2. The van der Waals surface area contributed by atoms with Gasteiger partial charge in [-0.15, -0.1) is 0 Å². The molecule has 2 heterocycles. The van der Waals surface area contributed by atoms with Gasteiger partial charge in [0.1, 0.15) is 12.3 Å². The maximum atomic E-state index is 14.5. The van der Waals surface area contributed by atoms with E-state index < -0.39 is 30.2 Å². The average Bonchev–Trinajstić information content (AvgIpc) is 2.69. The number of nitrogens with two attached hydrogens (primary N) is 1. The quantitative estimate of drug-likeness (QED) is 0.689. The third kappa shape index (κ3) is 3.26. The predicted octanol–water partition coefficient (Wildman–Crippen LogP) is 4.82. The lowest BCUT2D eigenvalue weighted by molar-refractivity contribution is 0.0254. The third-order valence-electron chi connectivity index (χ3n) is 5.30. The number of carbonyl (C=O) groups excluding carboxylic acids is 1. The van der Waals surface area contributed by atoms with E-state index in [9.17, 15) is 13.6 Å². The number of amides is 2. The lowest BCUT2D eigenvalue weighted by Crippen LogP contribution is -2.48. The summed E-state index contributed by atoms with van der Waals surface area (Å²) in [5, 5.41) is 1.62. The Bertz CT molecular complexity index is 1100. The van der Waals surface area contributed by atoms with E-state index in [1.807, 2.05) is 19.1 Å². The molecule has 5 nitrogen and oxygen atoms in total. The van der Waals surface area contributed by atoms with Gasteiger partial charge < -0.3 is 10.5 Å². The molecule has 0 saturated carbocycles. The highest BCUT2D eigenvalue weighted by atomic mass is 19.1.